The Labute approximate surface area is 173 Å². The van der Waals surface area contributed by atoms with Crippen LogP contribution in [0.5, 0.6) is 5.75 Å². The van der Waals surface area contributed by atoms with Crippen molar-refractivity contribution in [2.75, 3.05) is 20.2 Å². The molecule has 29 heavy (non-hydrogen) atoms. The molecule has 1 aliphatic heterocycles. The van der Waals surface area contributed by atoms with E-state index in [4.69, 9.17) is 4.74 Å². The molecule has 1 aromatic carbocycles. The zero-order chi connectivity index (χ0) is 20.0. The molecule has 2 aromatic rings. The van der Waals surface area contributed by atoms with Gasteiger partial charge < -0.3 is 14.2 Å². The van der Waals surface area contributed by atoms with Gasteiger partial charge in [-0.05, 0) is 69.1 Å². The molecule has 2 heterocycles. The van der Waals surface area contributed by atoms with Gasteiger partial charge >= 0.3 is 0 Å². The monoisotopic (exact) mass is 393 g/mol. The highest BCUT2D eigenvalue weighted by Gasteiger charge is 2.53. The number of nitrogens with zero attached hydrogens (tertiary/aromatic N) is 3. The molecule has 0 unspecified atom stereocenters. The largest absolute Gasteiger partial charge is 0.497 e. The number of likely N-dealkylation sites (tertiary alicyclic amines) is 1. The second-order valence-electron chi connectivity index (χ2n) is 9.19. The molecule has 2 saturated carbocycles. The van der Waals surface area contributed by atoms with Crippen molar-refractivity contribution in [1.82, 2.24) is 14.5 Å². The number of imidazole rings is 1. The molecular weight excluding hydrogens is 362 g/mol. The Morgan fingerprint density at radius 3 is 2.41 bits per heavy atom. The number of hydrogen-bond acceptors (Lipinski definition) is 3. The number of amides is 1. The summed E-state index contributed by atoms with van der Waals surface area (Å²) in [5.41, 5.74) is 2.15. The van der Waals surface area contributed by atoms with Gasteiger partial charge in [-0.15, -0.1) is 0 Å². The van der Waals surface area contributed by atoms with Crippen LogP contribution >= 0.6 is 0 Å². The van der Waals surface area contributed by atoms with Crippen LogP contribution in [0.15, 0.2) is 30.5 Å². The maximum absolute atomic E-state index is 13.3. The van der Waals surface area contributed by atoms with Gasteiger partial charge in [-0.3, -0.25) is 4.79 Å². The molecule has 0 spiro atoms. The normalized spacial score (nSPS) is 21.2. The standard InChI is InChI=1S/C24H31N3O2/c1-17-15-25-22(19-3-4-19)27(17)16-18-9-13-26(14-10-18)23(28)24(11-12-24)20-5-7-21(29-2)8-6-20/h5-8,15,18-19H,3-4,9-14,16H2,1-2H3. The van der Waals surface area contributed by atoms with E-state index >= 15 is 0 Å². The van der Waals surface area contributed by atoms with Gasteiger partial charge in [0.1, 0.15) is 11.6 Å². The summed E-state index contributed by atoms with van der Waals surface area (Å²) in [6.45, 7) is 4.99. The van der Waals surface area contributed by atoms with E-state index in [1.165, 1.54) is 24.4 Å². The average Bonchev–Trinajstić information content (AvgIpc) is 3.68. The van der Waals surface area contributed by atoms with Gasteiger partial charge in [-0.25, -0.2) is 4.98 Å². The Bertz CT molecular complexity index is 885. The van der Waals surface area contributed by atoms with Crippen molar-refractivity contribution in [2.45, 2.75) is 63.3 Å². The number of ether oxygens (including phenoxy) is 1. The molecule has 0 N–H and O–H groups in total. The van der Waals surface area contributed by atoms with E-state index in [0.717, 1.165) is 56.6 Å². The Morgan fingerprint density at radius 2 is 1.83 bits per heavy atom. The summed E-state index contributed by atoms with van der Waals surface area (Å²) in [5.74, 6) is 3.79. The molecule has 3 fully saturated rings. The Morgan fingerprint density at radius 1 is 1.14 bits per heavy atom. The van der Waals surface area contributed by atoms with Crippen LogP contribution in [-0.2, 0) is 16.8 Å². The van der Waals surface area contributed by atoms with Crippen LogP contribution in [0.3, 0.4) is 0 Å². The molecule has 5 nitrogen and oxygen atoms in total. The topological polar surface area (TPSA) is 47.4 Å². The van der Waals surface area contributed by atoms with Crippen molar-refractivity contribution < 1.29 is 9.53 Å². The number of aryl methyl sites for hydroxylation is 1. The third kappa shape index (κ3) is 3.45. The zero-order valence-corrected chi connectivity index (χ0v) is 17.6. The fraction of sp³-hybridized carbons (Fsp3) is 0.583. The first-order chi connectivity index (χ1) is 14.1. The summed E-state index contributed by atoms with van der Waals surface area (Å²) >= 11 is 0. The van der Waals surface area contributed by atoms with E-state index in [-0.39, 0.29) is 5.41 Å². The van der Waals surface area contributed by atoms with Gasteiger partial charge in [0.2, 0.25) is 5.91 Å². The molecule has 5 rings (SSSR count). The third-order valence-electron chi connectivity index (χ3n) is 7.17. The number of methoxy groups -OCH3 is 1. The molecule has 0 radical (unpaired) electrons. The maximum atomic E-state index is 13.3. The van der Waals surface area contributed by atoms with Crippen LogP contribution in [0.1, 0.15) is 61.5 Å². The van der Waals surface area contributed by atoms with E-state index in [0.29, 0.717) is 17.7 Å². The minimum atomic E-state index is -0.279. The fourth-order valence-electron chi connectivity index (χ4n) is 4.93. The highest BCUT2D eigenvalue weighted by molar-refractivity contribution is 5.91. The summed E-state index contributed by atoms with van der Waals surface area (Å²) in [6.07, 6.45) is 8.72. The first-order valence-corrected chi connectivity index (χ1v) is 11.1. The third-order valence-corrected chi connectivity index (χ3v) is 7.17. The summed E-state index contributed by atoms with van der Waals surface area (Å²) in [7, 11) is 1.68. The molecule has 154 valence electrons. The first-order valence-electron chi connectivity index (χ1n) is 11.1. The van der Waals surface area contributed by atoms with E-state index < -0.39 is 0 Å². The second kappa shape index (κ2) is 7.19. The lowest BCUT2D eigenvalue weighted by atomic mass is 9.91. The van der Waals surface area contributed by atoms with Gasteiger partial charge in [0.25, 0.3) is 0 Å². The highest BCUT2D eigenvalue weighted by atomic mass is 16.5. The van der Waals surface area contributed by atoms with Crippen LogP contribution in [0.2, 0.25) is 0 Å². The summed E-state index contributed by atoms with van der Waals surface area (Å²) in [6, 6.07) is 8.08. The van der Waals surface area contributed by atoms with Crippen molar-refractivity contribution in [2.24, 2.45) is 5.92 Å². The van der Waals surface area contributed by atoms with Crippen molar-refractivity contribution in [3.05, 3.63) is 47.5 Å². The van der Waals surface area contributed by atoms with Gasteiger partial charge in [-0.1, -0.05) is 12.1 Å². The number of rotatable bonds is 6. The molecule has 5 heteroatoms. The molecule has 2 aliphatic carbocycles. The van der Waals surface area contributed by atoms with E-state index in [9.17, 15) is 4.79 Å². The lowest BCUT2D eigenvalue weighted by Crippen LogP contribution is -2.44. The number of carbonyl (C=O) groups excluding carboxylic acids is 1. The van der Waals surface area contributed by atoms with E-state index in [1.807, 2.05) is 18.3 Å². The van der Waals surface area contributed by atoms with Crippen LogP contribution in [0.4, 0.5) is 0 Å². The Balaban J connectivity index is 1.21. The number of benzene rings is 1. The molecule has 1 aromatic heterocycles. The minimum Gasteiger partial charge on any atom is -0.497 e. The number of hydrogen-bond donors (Lipinski definition) is 0. The van der Waals surface area contributed by atoms with Crippen LogP contribution < -0.4 is 4.74 Å². The summed E-state index contributed by atoms with van der Waals surface area (Å²) in [5, 5.41) is 0. The molecule has 1 amide bonds. The number of carbonyl (C=O) groups is 1. The SMILES string of the molecule is COc1ccc(C2(C(=O)N3CCC(Cn4c(C)cnc4C4CC4)CC3)CC2)cc1. The molecule has 0 atom stereocenters. The van der Waals surface area contributed by atoms with Gasteiger partial charge in [0.15, 0.2) is 0 Å². The number of aromatic nitrogens is 2. The first kappa shape index (κ1) is 18.7. The van der Waals surface area contributed by atoms with Crippen molar-refractivity contribution >= 4 is 5.91 Å². The van der Waals surface area contributed by atoms with Crippen molar-refractivity contribution in [3.63, 3.8) is 0 Å². The van der Waals surface area contributed by atoms with Crippen LogP contribution in [-0.4, -0.2) is 40.6 Å². The van der Waals surface area contributed by atoms with Gasteiger partial charge in [0.05, 0.1) is 12.5 Å². The second-order valence-corrected chi connectivity index (χ2v) is 9.19. The van der Waals surface area contributed by atoms with E-state index in [1.54, 1.807) is 7.11 Å². The number of piperidine rings is 1. The predicted octanol–water partition coefficient (Wildman–Crippen LogP) is 4.05. The minimum absolute atomic E-state index is 0.279. The summed E-state index contributed by atoms with van der Waals surface area (Å²) in [4.78, 5) is 20.1. The average molecular weight is 394 g/mol. The van der Waals surface area contributed by atoms with Crippen molar-refractivity contribution in [1.29, 1.82) is 0 Å². The smallest absolute Gasteiger partial charge is 0.233 e. The zero-order valence-electron chi connectivity index (χ0n) is 17.6. The Kier molecular flexibility index (Phi) is 4.64. The van der Waals surface area contributed by atoms with Gasteiger partial charge in [-0.2, -0.15) is 0 Å². The molecule has 1 saturated heterocycles. The van der Waals surface area contributed by atoms with Crippen LogP contribution in [0.25, 0.3) is 0 Å². The van der Waals surface area contributed by atoms with Crippen LogP contribution in [0, 0.1) is 12.8 Å². The lowest BCUT2D eigenvalue weighted by Gasteiger charge is -2.35. The van der Waals surface area contributed by atoms with Gasteiger partial charge in [0, 0.05) is 37.4 Å². The molecular formula is C24H31N3O2. The predicted molar refractivity (Wildman–Crippen MR) is 112 cm³/mol. The quantitative estimate of drug-likeness (QED) is 0.744. The molecule has 3 aliphatic rings. The van der Waals surface area contributed by atoms with Crippen molar-refractivity contribution in [3.8, 4) is 5.75 Å². The lowest BCUT2D eigenvalue weighted by molar-refractivity contribution is -0.135. The fourth-order valence-corrected chi connectivity index (χ4v) is 4.93. The highest BCUT2D eigenvalue weighted by Crippen LogP contribution is 2.50. The Hall–Kier alpha value is -2.30. The molecule has 0 bridgehead atoms. The maximum Gasteiger partial charge on any atom is 0.233 e. The van der Waals surface area contributed by atoms with E-state index in [2.05, 4.69) is 33.5 Å². The summed E-state index contributed by atoms with van der Waals surface area (Å²) < 4.78 is 7.71.